The van der Waals surface area contributed by atoms with Gasteiger partial charge in [0.15, 0.2) is 0 Å². The molecule has 2 aromatic carbocycles. The maximum atomic E-state index is 2.26. The molecule has 0 N–H and O–H groups in total. The summed E-state index contributed by atoms with van der Waals surface area (Å²) in [5.74, 6) is 0. The first kappa shape index (κ1) is 22.1. The molecule has 0 aliphatic carbocycles. The summed E-state index contributed by atoms with van der Waals surface area (Å²) in [6.45, 7) is 4.44. The summed E-state index contributed by atoms with van der Waals surface area (Å²) >= 11 is 0. The van der Waals surface area contributed by atoms with Crippen molar-refractivity contribution in [3.05, 3.63) is 59.7 Å². The van der Waals surface area contributed by atoms with Gasteiger partial charge in [-0.2, -0.15) is 18.2 Å². The van der Waals surface area contributed by atoms with Crippen LogP contribution in [0.25, 0.3) is 0 Å². The molecule has 136 valence electrons. The third-order valence-electron chi connectivity index (χ3n) is 4.17. The summed E-state index contributed by atoms with van der Waals surface area (Å²) in [4.78, 5) is 4.52. The molecule has 0 radical (unpaired) electrons. The summed E-state index contributed by atoms with van der Waals surface area (Å²) < 4.78 is 0. The van der Waals surface area contributed by atoms with Crippen LogP contribution in [0.15, 0.2) is 48.5 Å². The van der Waals surface area contributed by atoms with Gasteiger partial charge >= 0.3 is 0 Å². The van der Waals surface area contributed by atoms with Gasteiger partial charge in [-0.1, -0.05) is 20.3 Å². The van der Waals surface area contributed by atoms with Gasteiger partial charge in [0.1, 0.15) is 0 Å². The van der Waals surface area contributed by atoms with E-state index in [1.54, 1.807) is 0 Å². The molecule has 2 nitrogen and oxygen atoms in total. The third kappa shape index (κ3) is 7.05. The summed E-state index contributed by atoms with van der Waals surface area (Å²) in [6.07, 6.45) is 2.36. The Bertz CT molecular complexity index is 425. The molecule has 0 spiro atoms. The van der Waals surface area contributed by atoms with Gasteiger partial charge < -0.3 is 39.6 Å². The molecule has 3 heteroatoms. The first-order chi connectivity index (χ1) is 10.5. The minimum absolute atomic E-state index is 0. The van der Waals surface area contributed by atoms with E-state index in [-0.39, 0.29) is 17.1 Å². The molecule has 23 heavy (non-hydrogen) atoms. The molecular formula is C20H32FeN2-6. The molecule has 2 aromatic rings. The number of hydrogen-bond donors (Lipinski definition) is 0. The van der Waals surface area contributed by atoms with Crippen molar-refractivity contribution in [1.29, 1.82) is 0 Å². The van der Waals surface area contributed by atoms with Crippen LogP contribution in [0.1, 0.15) is 49.9 Å². The van der Waals surface area contributed by atoms with Gasteiger partial charge in [0.05, 0.1) is 0 Å². The van der Waals surface area contributed by atoms with E-state index >= 15 is 0 Å². The Morgan fingerprint density at radius 1 is 0.826 bits per heavy atom. The predicted octanol–water partition coefficient (Wildman–Crippen LogP) is 4.83. The quantitative estimate of drug-likeness (QED) is 0.540. The molecule has 2 atom stereocenters. The summed E-state index contributed by atoms with van der Waals surface area (Å²) in [5, 5.41) is 0. The fourth-order valence-electron chi connectivity index (χ4n) is 3.02. The van der Waals surface area contributed by atoms with Gasteiger partial charge in [-0.05, 0) is 40.7 Å². The van der Waals surface area contributed by atoms with Gasteiger partial charge in [-0.15, -0.1) is 5.56 Å². The molecule has 0 amide bonds. The van der Waals surface area contributed by atoms with Crippen molar-refractivity contribution in [3.8, 4) is 0 Å². The van der Waals surface area contributed by atoms with E-state index in [1.807, 2.05) is 0 Å². The Hall–Kier alpha value is -0.861. The summed E-state index contributed by atoms with van der Waals surface area (Å²) in [7, 11) is 8.50. The number of hydrogen-bond acceptors (Lipinski definition) is 2. The zero-order chi connectivity index (χ0) is 16.5. The number of nitrogens with zero attached hydrogens (tertiary/aromatic N) is 2. The molecule has 0 aliphatic heterocycles. The van der Waals surface area contributed by atoms with Gasteiger partial charge in [-0.25, -0.2) is 12.1 Å². The second kappa shape index (κ2) is 11.6. The van der Waals surface area contributed by atoms with Crippen molar-refractivity contribution in [3.63, 3.8) is 0 Å². The van der Waals surface area contributed by atoms with Crippen LogP contribution in [0.2, 0.25) is 0 Å². The molecule has 2 rings (SSSR count). The van der Waals surface area contributed by atoms with Crippen molar-refractivity contribution >= 4 is 0 Å². The van der Waals surface area contributed by atoms with Crippen LogP contribution < -0.4 is 0 Å². The zero-order valence-corrected chi connectivity index (χ0v) is 16.5. The molecule has 0 aliphatic rings. The second-order valence-electron chi connectivity index (χ2n) is 6.21. The Kier molecular flexibility index (Phi) is 11.2. The van der Waals surface area contributed by atoms with Crippen LogP contribution in [0.4, 0.5) is 0 Å². The van der Waals surface area contributed by atoms with E-state index in [9.17, 15) is 0 Å². The molecule has 0 heterocycles. The molecule has 0 bridgehead atoms. The van der Waals surface area contributed by atoms with Gasteiger partial charge in [0, 0.05) is 17.1 Å². The molecule has 0 fully saturated rings. The maximum Gasteiger partial charge on any atom is 0 e. The fourth-order valence-corrected chi connectivity index (χ4v) is 3.02. The third-order valence-corrected chi connectivity index (χ3v) is 4.17. The average molecular weight is 356 g/mol. The molecule has 0 saturated heterocycles. The largest absolute Gasteiger partial charge is 0.748 e. The van der Waals surface area contributed by atoms with Crippen LogP contribution in [0, 0.1) is 0 Å². The minimum atomic E-state index is 0. The van der Waals surface area contributed by atoms with Gasteiger partial charge in [0.2, 0.25) is 0 Å². The predicted molar refractivity (Wildman–Crippen MR) is 97.5 cm³/mol. The first-order valence-electron chi connectivity index (χ1n) is 8.27. The van der Waals surface area contributed by atoms with Crippen molar-refractivity contribution in [2.75, 3.05) is 28.2 Å². The Labute approximate surface area is 153 Å². The second-order valence-corrected chi connectivity index (χ2v) is 6.21. The van der Waals surface area contributed by atoms with Crippen molar-refractivity contribution < 1.29 is 17.1 Å². The Balaban J connectivity index is 0.000000403. The van der Waals surface area contributed by atoms with E-state index < -0.39 is 0 Å². The molecular weight excluding hydrogens is 324 g/mol. The standard InChI is InChI=1S/2C10H16N.Fe/c2*1-4-10(11(2)3)9-7-5-6-8-9;/h2*5-8,10H,4H2,1-3H3;/q-5;-1;. The van der Waals surface area contributed by atoms with E-state index in [0.717, 1.165) is 0 Å². The van der Waals surface area contributed by atoms with Crippen LogP contribution in [-0.2, 0) is 17.1 Å². The zero-order valence-electron chi connectivity index (χ0n) is 15.4. The first-order valence-corrected chi connectivity index (χ1v) is 8.27. The van der Waals surface area contributed by atoms with E-state index in [4.69, 9.17) is 0 Å². The van der Waals surface area contributed by atoms with Crippen molar-refractivity contribution in [1.82, 2.24) is 9.80 Å². The molecule has 2 unspecified atom stereocenters. The Morgan fingerprint density at radius 2 is 1.26 bits per heavy atom. The smallest absolute Gasteiger partial charge is 0 e. The van der Waals surface area contributed by atoms with E-state index in [2.05, 4.69) is 100 Å². The van der Waals surface area contributed by atoms with Gasteiger partial charge in [0.25, 0.3) is 0 Å². The Morgan fingerprint density at radius 3 is 1.61 bits per heavy atom. The van der Waals surface area contributed by atoms with Crippen molar-refractivity contribution in [2.45, 2.75) is 38.8 Å². The molecule has 0 aromatic heterocycles. The monoisotopic (exact) mass is 356 g/mol. The fraction of sp³-hybridized carbons (Fsp3) is 0.500. The maximum absolute atomic E-state index is 2.26. The summed E-state index contributed by atoms with van der Waals surface area (Å²) in [6, 6.07) is 18.3. The molecule has 0 saturated carbocycles. The number of rotatable bonds is 6. The SMILES string of the molecule is CCC([c-]1[cH-][cH-][cH-][cH-]1)N(C)C.CCC([c-]1cccc1)N(C)C.[Fe]. The van der Waals surface area contributed by atoms with Crippen LogP contribution in [-0.4, -0.2) is 38.0 Å². The van der Waals surface area contributed by atoms with Crippen LogP contribution in [0.3, 0.4) is 0 Å². The average Bonchev–Trinajstić information content (AvgIpc) is 3.13. The van der Waals surface area contributed by atoms with Crippen molar-refractivity contribution in [2.24, 2.45) is 0 Å². The topological polar surface area (TPSA) is 6.48 Å². The van der Waals surface area contributed by atoms with Crippen LogP contribution >= 0.6 is 0 Å². The van der Waals surface area contributed by atoms with E-state index in [0.29, 0.717) is 12.1 Å². The minimum Gasteiger partial charge on any atom is -0.748 e. The van der Waals surface area contributed by atoms with Crippen LogP contribution in [0.5, 0.6) is 0 Å². The normalized spacial score (nSPS) is 13.2. The van der Waals surface area contributed by atoms with Gasteiger partial charge in [-0.3, -0.25) is 0 Å². The van der Waals surface area contributed by atoms with E-state index in [1.165, 1.54) is 24.0 Å². The summed E-state index contributed by atoms with van der Waals surface area (Å²) in [5.41, 5.74) is 2.86.